The van der Waals surface area contributed by atoms with E-state index in [1.54, 1.807) is 27.7 Å². The number of hydrogen-bond donors (Lipinski definition) is 3. The molecule has 0 aliphatic heterocycles. The average molecular weight is 328 g/mol. The van der Waals surface area contributed by atoms with Crippen LogP contribution < -0.4 is 10.6 Å². The standard InChI is InChI=1S/C13H16N2O4S2/c1-8(16)14-9-3-4-11(10(7-9)13(18)19)15-12(17)5-6-21-20-2/h3-4,7H,5-6H2,1-2H3,(H,14,16)(H,15,17)(H,18,19). The number of carboxylic acids is 1. The lowest BCUT2D eigenvalue weighted by Gasteiger charge is -2.10. The molecule has 8 heteroatoms. The molecule has 0 unspecified atom stereocenters. The summed E-state index contributed by atoms with van der Waals surface area (Å²) in [5.74, 6) is -1.06. The van der Waals surface area contributed by atoms with Crippen LogP contribution in [0.4, 0.5) is 11.4 Å². The SMILES string of the molecule is CSSCCC(=O)Nc1ccc(NC(C)=O)cc1C(=O)O. The fourth-order valence-corrected chi connectivity index (χ4v) is 2.73. The van der Waals surface area contributed by atoms with Crippen molar-refractivity contribution in [1.29, 1.82) is 0 Å². The topological polar surface area (TPSA) is 95.5 Å². The molecule has 21 heavy (non-hydrogen) atoms. The summed E-state index contributed by atoms with van der Waals surface area (Å²) in [5.41, 5.74) is 0.527. The van der Waals surface area contributed by atoms with E-state index in [0.717, 1.165) is 0 Å². The van der Waals surface area contributed by atoms with Gasteiger partial charge in [-0.25, -0.2) is 4.79 Å². The van der Waals surface area contributed by atoms with Gasteiger partial charge in [0.1, 0.15) is 0 Å². The van der Waals surface area contributed by atoms with E-state index in [-0.39, 0.29) is 23.1 Å². The Morgan fingerprint density at radius 1 is 1.24 bits per heavy atom. The molecule has 0 saturated carbocycles. The molecule has 0 aromatic heterocycles. The molecule has 1 rings (SSSR count). The van der Waals surface area contributed by atoms with E-state index < -0.39 is 5.97 Å². The monoisotopic (exact) mass is 328 g/mol. The number of hydrogen-bond acceptors (Lipinski definition) is 5. The maximum Gasteiger partial charge on any atom is 0.337 e. The molecule has 0 fully saturated rings. The van der Waals surface area contributed by atoms with Crippen LogP contribution >= 0.6 is 21.6 Å². The average Bonchev–Trinajstić information content (AvgIpc) is 2.40. The number of benzene rings is 1. The van der Waals surface area contributed by atoms with E-state index in [4.69, 9.17) is 0 Å². The van der Waals surface area contributed by atoms with Gasteiger partial charge < -0.3 is 15.7 Å². The first-order valence-corrected chi connectivity index (χ1v) is 8.77. The Morgan fingerprint density at radius 2 is 1.95 bits per heavy atom. The Bertz CT molecular complexity index is 549. The summed E-state index contributed by atoms with van der Waals surface area (Å²) in [6, 6.07) is 4.32. The molecule has 0 spiro atoms. The summed E-state index contributed by atoms with van der Waals surface area (Å²) in [6.07, 6.45) is 2.23. The van der Waals surface area contributed by atoms with Gasteiger partial charge in [0, 0.05) is 24.8 Å². The molecule has 0 aliphatic rings. The molecule has 2 amide bonds. The van der Waals surface area contributed by atoms with Gasteiger partial charge in [0.05, 0.1) is 11.3 Å². The van der Waals surface area contributed by atoms with Crippen LogP contribution in [0.5, 0.6) is 0 Å². The van der Waals surface area contributed by atoms with Crippen molar-refractivity contribution in [2.45, 2.75) is 13.3 Å². The second-order valence-corrected chi connectivity index (χ2v) is 6.72. The van der Waals surface area contributed by atoms with Crippen LogP contribution in [0.2, 0.25) is 0 Å². The zero-order valence-corrected chi connectivity index (χ0v) is 13.3. The third kappa shape index (κ3) is 6.09. The number of carboxylic acid groups (broad SMARTS) is 1. The van der Waals surface area contributed by atoms with E-state index >= 15 is 0 Å². The number of rotatable bonds is 7. The van der Waals surface area contributed by atoms with Crippen molar-refractivity contribution in [3.05, 3.63) is 23.8 Å². The van der Waals surface area contributed by atoms with E-state index in [1.807, 2.05) is 6.26 Å². The highest BCUT2D eigenvalue weighted by atomic mass is 33.1. The fraction of sp³-hybridized carbons (Fsp3) is 0.308. The van der Waals surface area contributed by atoms with Gasteiger partial charge in [-0.1, -0.05) is 21.6 Å². The first-order valence-electron chi connectivity index (χ1n) is 6.04. The smallest absolute Gasteiger partial charge is 0.337 e. The van der Waals surface area contributed by atoms with E-state index in [0.29, 0.717) is 17.9 Å². The Hall–Kier alpha value is -1.67. The highest BCUT2D eigenvalue weighted by Gasteiger charge is 2.13. The summed E-state index contributed by atoms with van der Waals surface area (Å²) >= 11 is 0. The van der Waals surface area contributed by atoms with Gasteiger partial charge in [0.25, 0.3) is 0 Å². The van der Waals surface area contributed by atoms with Crippen LogP contribution in [0.3, 0.4) is 0 Å². The van der Waals surface area contributed by atoms with Crippen LogP contribution in [0, 0.1) is 0 Å². The van der Waals surface area contributed by atoms with Crippen LogP contribution in [0.25, 0.3) is 0 Å². The van der Waals surface area contributed by atoms with Gasteiger partial charge in [-0.3, -0.25) is 9.59 Å². The molecule has 0 aliphatic carbocycles. The zero-order chi connectivity index (χ0) is 15.8. The normalized spacial score (nSPS) is 10.0. The maximum atomic E-state index is 11.7. The number of anilines is 2. The minimum absolute atomic E-state index is 0.0629. The van der Waals surface area contributed by atoms with E-state index in [2.05, 4.69) is 10.6 Å². The fourth-order valence-electron chi connectivity index (χ4n) is 1.54. The molecule has 0 atom stereocenters. The molecule has 0 bridgehead atoms. The highest BCUT2D eigenvalue weighted by Crippen LogP contribution is 2.22. The van der Waals surface area contributed by atoms with Crippen LogP contribution in [0.15, 0.2) is 18.2 Å². The van der Waals surface area contributed by atoms with Crippen molar-refractivity contribution in [2.75, 3.05) is 22.6 Å². The minimum Gasteiger partial charge on any atom is -0.478 e. The highest BCUT2D eigenvalue weighted by molar-refractivity contribution is 8.76. The summed E-state index contributed by atoms with van der Waals surface area (Å²) < 4.78 is 0. The Kier molecular flexibility index (Phi) is 7.10. The molecular weight excluding hydrogens is 312 g/mol. The van der Waals surface area contributed by atoms with Gasteiger partial charge in [-0.05, 0) is 24.5 Å². The van der Waals surface area contributed by atoms with Crippen molar-refractivity contribution >= 4 is 50.7 Å². The number of aromatic carboxylic acids is 1. The lowest BCUT2D eigenvalue weighted by atomic mass is 10.1. The summed E-state index contributed by atoms with van der Waals surface area (Å²) in [7, 11) is 3.13. The van der Waals surface area contributed by atoms with Gasteiger partial charge in [0.2, 0.25) is 11.8 Å². The van der Waals surface area contributed by atoms with Crippen LogP contribution in [0.1, 0.15) is 23.7 Å². The summed E-state index contributed by atoms with van der Waals surface area (Å²) in [4.78, 5) is 33.9. The number of amides is 2. The van der Waals surface area contributed by atoms with Gasteiger partial charge in [0.15, 0.2) is 0 Å². The van der Waals surface area contributed by atoms with Gasteiger partial charge in [-0.15, -0.1) is 0 Å². The molecule has 1 aromatic carbocycles. The summed E-state index contributed by atoms with van der Waals surface area (Å²) in [5, 5.41) is 14.3. The van der Waals surface area contributed by atoms with Crippen molar-refractivity contribution in [3.8, 4) is 0 Å². The van der Waals surface area contributed by atoms with Crippen molar-refractivity contribution in [2.24, 2.45) is 0 Å². The lowest BCUT2D eigenvalue weighted by molar-refractivity contribution is -0.116. The predicted octanol–water partition coefficient (Wildman–Crippen LogP) is 2.68. The van der Waals surface area contributed by atoms with Crippen molar-refractivity contribution < 1.29 is 19.5 Å². The van der Waals surface area contributed by atoms with E-state index in [9.17, 15) is 19.5 Å². The molecule has 0 radical (unpaired) electrons. The Morgan fingerprint density at radius 3 is 2.52 bits per heavy atom. The third-order valence-corrected chi connectivity index (χ3v) is 4.19. The first kappa shape index (κ1) is 17.4. The maximum absolute atomic E-state index is 11.7. The molecule has 3 N–H and O–H groups in total. The van der Waals surface area contributed by atoms with Gasteiger partial charge in [-0.2, -0.15) is 0 Å². The van der Waals surface area contributed by atoms with Crippen molar-refractivity contribution in [1.82, 2.24) is 0 Å². The van der Waals surface area contributed by atoms with E-state index in [1.165, 1.54) is 19.1 Å². The molecule has 6 nitrogen and oxygen atoms in total. The number of nitrogens with one attached hydrogen (secondary N) is 2. The molecular formula is C13H16N2O4S2. The largest absolute Gasteiger partial charge is 0.478 e. The molecule has 1 aromatic rings. The minimum atomic E-state index is -1.17. The van der Waals surface area contributed by atoms with Crippen LogP contribution in [-0.2, 0) is 9.59 Å². The number of carbonyl (C=O) groups excluding carboxylic acids is 2. The summed E-state index contributed by atoms with van der Waals surface area (Å²) in [6.45, 7) is 1.33. The molecule has 0 saturated heterocycles. The second kappa shape index (κ2) is 8.58. The predicted molar refractivity (Wildman–Crippen MR) is 86.9 cm³/mol. The number of carbonyl (C=O) groups is 3. The third-order valence-electron chi connectivity index (χ3n) is 2.37. The molecule has 114 valence electrons. The van der Waals surface area contributed by atoms with Crippen LogP contribution in [-0.4, -0.2) is 34.9 Å². The molecule has 0 heterocycles. The van der Waals surface area contributed by atoms with Crippen molar-refractivity contribution in [3.63, 3.8) is 0 Å². The Balaban J connectivity index is 2.83. The van der Waals surface area contributed by atoms with Gasteiger partial charge >= 0.3 is 5.97 Å². The quantitative estimate of drug-likeness (QED) is 0.526. The first-order chi connectivity index (χ1) is 9.93. The Labute approximate surface area is 130 Å². The lowest BCUT2D eigenvalue weighted by Crippen LogP contribution is -2.15. The second-order valence-electron chi connectivity index (χ2n) is 4.03. The zero-order valence-electron chi connectivity index (χ0n) is 11.6.